The van der Waals surface area contributed by atoms with Crippen molar-refractivity contribution in [3.8, 4) is 11.5 Å². The number of anilines is 1. The molecule has 0 aliphatic carbocycles. The third-order valence-electron chi connectivity index (χ3n) is 3.28. The van der Waals surface area contributed by atoms with E-state index in [-0.39, 0.29) is 18.9 Å². The first-order valence-corrected chi connectivity index (χ1v) is 6.74. The van der Waals surface area contributed by atoms with Crippen LogP contribution in [0.5, 0.6) is 11.5 Å². The number of nitrogens with one attached hydrogen (secondary N) is 2. The molecule has 0 radical (unpaired) electrons. The van der Waals surface area contributed by atoms with Crippen molar-refractivity contribution in [3.05, 3.63) is 54.1 Å². The van der Waals surface area contributed by atoms with Crippen molar-refractivity contribution < 1.29 is 14.3 Å². The van der Waals surface area contributed by atoms with Crippen LogP contribution in [0.1, 0.15) is 18.5 Å². The summed E-state index contributed by atoms with van der Waals surface area (Å²) in [6.45, 7) is 2.16. The molecule has 0 bridgehead atoms. The van der Waals surface area contributed by atoms with Crippen molar-refractivity contribution >= 4 is 11.7 Å². The fourth-order valence-electron chi connectivity index (χ4n) is 2.15. The van der Waals surface area contributed by atoms with E-state index in [0.29, 0.717) is 5.75 Å². The Labute approximate surface area is 122 Å². The van der Waals surface area contributed by atoms with Crippen LogP contribution in [-0.4, -0.2) is 12.8 Å². The van der Waals surface area contributed by atoms with Crippen LogP contribution in [0.4, 0.5) is 10.5 Å². The Hall–Kier alpha value is -2.69. The van der Waals surface area contributed by atoms with Gasteiger partial charge in [-0.2, -0.15) is 0 Å². The van der Waals surface area contributed by atoms with Crippen LogP contribution >= 0.6 is 0 Å². The van der Waals surface area contributed by atoms with Crippen LogP contribution in [0, 0.1) is 0 Å². The lowest BCUT2D eigenvalue weighted by atomic mass is 10.1. The Balaban J connectivity index is 1.63. The van der Waals surface area contributed by atoms with Gasteiger partial charge in [-0.1, -0.05) is 24.3 Å². The number of amides is 2. The number of benzene rings is 2. The van der Waals surface area contributed by atoms with E-state index in [2.05, 4.69) is 10.6 Å². The maximum absolute atomic E-state index is 12.0. The molecule has 5 nitrogen and oxygen atoms in total. The van der Waals surface area contributed by atoms with Crippen molar-refractivity contribution in [1.82, 2.24) is 5.32 Å². The van der Waals surface area contributed by atoms with Crippen molar-refractivity contribution in [2.45, 2.75) is 13.0 Å². The molecule has 3 rings (SSSR count). The molecule has 2 N–H and O–H groups in total. The number of ether oxygens (including phenoxy) is 2. The lowest BCUT2D eigenvalue weighted by Crippen LogP contribution is -2.31. The Morgan fingerprint density at radius 3 is 2.67 bits per heavy atom. The molecule has 0 saturated carbocycles. The summed E-state index contributed by atoms with van der Waals surface area (Å²) in [5.74, 6) is 1.45. The molecule has 2 aromatic rings. The van der Waals surface area contributed by atoms with Crippen LogP contribution in [0.2, 0.25) is 0 Å². The molecule has 0 unspecified atom stereocenters. The second kappa shape index (κ2) is 5.75. The van der Waals surface area contributed by atoms with E-state index in [1.54, 1.807) is 0 Å². The van der Waals surface area contributed by atoms with Gasteiger partial charge in [0.05, 0.1) is 6.04 Å². The summed E-state index contributed by atoms with van der Waals surface area (Å²) >= 11 is 0. The molecule has 0 spiro atoms. The summed E-state index contributed by atoms with van der Waals surface area (Å²) in [5.41, 5.74) is 1.72. The molecular formula is C16H16N2O3. The third-order valence-corrected chi connectivity index (χ3v) is 3.28. The number of rotatable bonds is 3. The zero-order valence-electron chi connectivity index (χ0n) is 11.6. The molecule has 0 fully saturated rings. The van der Waals surface area contributed by atoms with Crippen LogP contribution in [0.3, 0.4) is 0 Å². The quantitative estimate of drug-likeness (QED) is 0.909. The van der Waals surface area contributed by atoms with Crippen LogP contribution in [0.25, 0.3) is 0 Å². The highest BCUT2D eigenvalue weighted by Gasteiger charge is 2.16. The van der Waals surface area contributed by atoms with Gasteiger partial charge in [0.2, 0.25) is 6.79 Å². The molecule has 21 heavy (non-hydrogen) atoms. The average Bonchev–Trinajstić information content (AvgIpc) is 2.95. The fraction of sp³-hybridized carbons (Fsp3) is 0.188. The number of carbonyl (C=O) groups is 1. The molecule has 1 atom stereocenters. The first kappa shape index (κ1) is 13.3. The Bertz CT molecular complexity index is 643. The smallest absolute Gasteiger partial charge is 0.319 e. The minimum absolute atomic E-state index is 0.136. The molecule has 2 aromatic carbocycles. The second-order valence-electron chi connectivity index (χ2n) is 4.80. The molecule has 108 valence electrons. The number of para-hydroxylation sites is 1. The topological polar surface area (TPSA) is 59.6 Å². The summed E-state index contributed by atoms with van der Waals surface area (Å²) in [7, 11) is 0. The minimum Gasteiger partial charge on any atom is -0.454 e. The summed E-state index contributed by atoms with van der Waals surface area (Å²) in [6, 6.07) is 14.6. The number of urea groups is 1. The monoisotopic (exact) mass is 284 g/mol. The lowest BCUT2D eigenvalue weighted by Gasteiger charge is -2.15. The SMILES string of the molecule is C[C@H](NC(=O)Nc1ccccc1)c1ccc2c(c1)OCO2. The molecule has 1 heterocycles. The number of carbonyl (C=O) groups excluding carboxylic acids is 1. The van der Waals surface area contributed by atoms with Gasteiger partial charge < -0.3 is 20.1 Å². The number of fused-ring (bicyclic) bond motifs is 1. The van der Waals surface area contributed by atoms with Crippen molar-refractivity contribution in [2.24, 2.45) is 0 Å². The van der Waals surface area contributed by atoms with Crippen molar-refractivity contribution in [3.63, 3.8) is 0 Å². The number of hydrogen-bond acceptors (Lipinski definition) is 3. The second-order valence-corrected chi connectivity index (χ2v) is 4.80. The normalized spacial score (nSPS) is 13.6. The molecule has 2 amide bonds. The van der Waals surface area contributed by atoms with E-state index in [1.165, 1.54) is 0 Å². The van der Waals surface area contributed by atoms with E-state index >= 15 is 0 Å². The highest BCUT2D eigenvalue weighted by atomic mass is 16.7. The summed E-state index contributed by atoms with van der Waals surface area (Å²) < 4.78 is 10.6. The predicted octanol–water partition coefficient (Wildman–Crippen LogP) is 3.30. The minimum atomic E-state index is -0.244. The van der Waals surface area contributed by atoms with Gasteiger partial charge in [0, 0.05) is 5.69 Å². The van der Waals surface area contributed by atoms with E-state index < -0.39 is 0 Å². The Kier molecular flexibility index (Phi) is 3.64. The fourth-order valence-corrected chi connectivity index (χ4v) is 2.15. The van der Waals surface area contributed by atoms with Gasteiger partial charge in [0.1, 0.15) is 0 Å². The van der Waals surface area contributed by atoms with Gasteiger partial charge in [-0.3, -0.25) is 0 Å². The van der Waals surface area contributed by atoms with E-state index in [9.17, 15) is 4.79 Å². The van der Waals surface area contributed by atoms with Gasteiger partial charge in [-0.15, -0.1) is 0 Å². The maximum Gasteiger partial charge on any atom is 0.319 e. The van der Waals surface area contributed by atoms with E-state index in [4.69, 9.17) is 9.47 Å². The molecule has 5 heteroatoms. The van der Waals surface area contributed by atoms with E-state index in [0.717, 1.165) is 17.0 Å². The standard InChI is InChI=1S/C16H16N2O3/c1-11(12-7-8-14-15(9-12)21-10-20-14)17-16(19)18-13-5-3-2-4-6-13/h2-9,11H,10H2,1H3,(H2,17,18,19)/t11-/m0/s1. The van der Waals surface area contributed by atoms with Gasteiger partial charge in [0.15, 0.2) is 11.5 Å². The van der Waals surface area contributed by atoms with Crippen LogP contribution in [0.15, 0.2) is 48.5 Å². The van der Waals surface area contributed by atoms with Gasteiger partial charge in [-0.25, -0.2) is 4.79 Å². The Morgan fingerprint density at radius 2 is 1.86 bits per heavy atom. The maximum atomic E-state index is 12.0. The van der Waals surface area contributed by atoms with E-state index in [1.807, 2.05) is 55.5 Å². The Morgan fingerprint density at radius 1 is 1.10 bits per heavy atom. The van der Waals surface area contributed by atoms with Gasteiger partial charge in [0.25, 0.3) is 0 Å². The largest absolute Gasteiger partial charge is 0.454 e. The molecule has 0 aromatic heterocycles. The van der Waals surface area contributed by atoms with Gasteiger partial charge in [-0.05, 0) is 36.8 Å². The number of hydrogen-bond donors (Lipinski definition) is 2. The first-order valence-electron chi connectivity index (χ1n) is 6.74. The molecule has 1 aliphatic rings. The first-order chi connectivity index (χ1) is 10.2. The zero-order valence-corrected chi connectivity index (χ0v) is 11.6. The molecule has 0 saturated heterocycles. The van der Waals surface area contributed by atoms with Crippen molar-refractivity contribution in [1.29, 1.82) is 0 Å². The highest BCUT2D eigenvalue weighted by Crippen LogP contribution is 2.34. The van der Waals surface area contributed by atoms with Crippen LogP contribution in [-0.2, 0) is 0 Å². The van der Waals surface area contributed by atoms with Gasteiger partial charge >= 0.3 is 6.03 Å². The highest BCUT2D eigenvalue weighted by molar-refractivity contribution is 5.89. The molecule has 1 aliphatic heterocycles. The summed E-state index contributed by atoms with van der Waals surface area (Å²) in [6.07, 6.45) is 0. The zero-order chi connectivity index (χ0) is 14.7. The molecular weight excluding hydrogens is 268 g/mol. The van der Waals surface area contributed by atoms with Crippen molar-refractivity contribution in [2.75, 3.05) is 12.1 Å². The average molecular weight is 284 g/mol. The van der Waals surface area contributed by atoms with Crippen LogP contribution < -0.4 is 20.1 Å². The summed E-state index contributed by atoms with van der Waals surface area (Å²) in [5, 5.41) is 5.68. The summed E-state index contributed by atoms with van der Waals surface area (Å²) in [4.78, 5) is 12.0. The predicted molar refractivity (Wildman–Crippen MR) is 79.6 cm³/mol. The lowest BCUT2D eigenvalue weighted by molar-refractivity contribution is 0.174. The third kappa shape index (κ3) is 3.08.